The molecule has 0 radical (unpaired) electrons. The number of carbonyl (C=O) groups excluding carboxylic acids is 1. The number of benzene rings is 1. The maximum absolute atomic E-state index is 12.7. The summed E-state index contributed by atoms with van der Waals surface area (Å²) in [5, 5.41) is 16.2. The second-order valence-corrected chi connectivity index (χ2v) is 5.39. The van der Waals surface area contributed by atoms with E-state index in [0.717, 1.165) is 18.2 Å². The molecule has 0 aliphatic heterocycles. The number of hydrogen-bond acceptors (Lipinski definition) is 4. The highest BCUT2D eigenvalue weighted by atomic mass is 19.4. The summed E-state index contributed by atoms with van der Waals surface area (Å²) in [6, 6.07) is 5.60. The molecule has 0 unspecified atom stereocenters. The topological polar surface area (TPSA) is 97.1 Å². The molecular weight excluding hydrogens is 353 g/mol. The number of amides is 1. The van der Waals surface area contributed by atoms with Crippen LogP contribution in [0.15, 0.2) is 36.5 Å². The Morgan fingerprint density at radius 3 is 2.62 bits per heavy atom. The zero-order chi connectivity index (χ0) is 19.1. The highest BCUT2D eigenvalue weighted by Crippen LogP contribution is 2.28. The van der Waals surface area contributed by atoms with Gasteiger partial charge >= 0.3 is 12.1 Å². The van der Waals surface area contributed by atoms with Gasteiger partial charge in [-0.1, -0.05) is 6.07 Å². The summed E-state index contributed by atoms with van der Waals surface area (Å²) >= 11 is 0. The number of aromatic nitrogens is 3. The number of rotatable bonds is 3. The van der Waals surface area contributed by atoms with Crippen molar-refractivity contribution in [3.63, 3.8) is 0 Å². The van der Waals surface area contributed by atoms with E-state index in [1.54, 1.807) is 7.05 Å². The van der Waals surface area contributed by atoms with Crippen molar-refractivity contribution in [2.24, 2.45) is 7.05 Å². The van der Waals surface area contributed by atoms with Gasteiger partial charge in [-0.2, -0.15) is 18.3 Å². The van der Waals surface area contributed by atoms with Gasteiger partial charge in [0, 0.05) is 12.4 Å². The molecule has 10 heteroatoms. The molecule has 3 aromatic rings. The molecule has 1 aromatic carbocycles. The van der Waals surface area contributed by atoms with Crippen LogP contribution in [-0.2, 0) is 13.2 Å². The molecule has 3 rings (SSSR count). The van der Waals surface area contributed by atoms with Gasteiger partial charge in [0.05, 0.1) is 23.0 Å². The monoisotopic (exact) mass is 364 g/mol. The van der Waals surface area contributed by atoms with Gasteiger partial charge in [0.2, 0.25) is 0 Å². The van der Waals surface area contributed by atoms with Gasteiger partial charge in [-0.3, -0.25) is 9.48 Å². The smallest absolute Gasteiger partial charge is 0.433 e. The predicted octanol–water partition coefficient (Wildman–Crippen LogP) is 2.94. The number of halogens is 3. The number of aryl methyl sites for hydroxylation is 1. The molecular formula is C16H11F3N4O3. The van der Waals surface area contributed by atoms with Crippen molar-refractivity contribution in [2.75, 3.05) is 5.32 Å². The molecule has 1 amide bonds. The third-order valence-corrected chi connectivity index (χ3v) is 3.64. The quantitative estimate of drug-likeness (QED) is 0.745. The minimum Gasteiger partial charge on any atom is -0.478 e. The number of carboxylic acid groups (broad SMARTS) is 1. The molecule has 0 bridgehead atoms. The number of nitrogens with zero attached hydrogens (tertiary/aromatic N) is 3. The molecule has 0 fully saturated rings. The molecule has 2 N–H and O–H groups in total. The zero-order valence-corrected chi connectivity index (χ0v) is 13.2. The van der Waals surface area contributed by atoms with Crippen LogP contribution in [0, 0.1) is 0 Å². The highest BCUT2D eigenvalue weighted by Gasteiger charge is 2.33. The van der Waals surface area contributed by atoms with Gasteiger partial charge in [-0.05, 0) is 24.3 Å². The largest absolute Gasteiger partial charge is 0.478 e. The summed E-state index contributed by atoms with van der Waals surface area (Å²) in [7, 11) is 1.62. The van der Waals surface area contributed by atoms with Gasteiger partial charge in [-0.15, -0.1) is 0 Å². The second-order valence-electron chi connectivity index (χ2n) is 5.39. The van der Waals surface area contributed by atoms with E-state index < -0.39 is 29.4 Å². The average molecular weight is 364 g/mol. The second kappa shape index (κ2) is 6.14. The summed E-state index contributed by atoms with van der Waals surface area (Å²) in [4.78, 5) is 27.0. The molecule has 0 saturated heterocycles. The Hall–Kier alpha value is -3.43. The number of carboxylic acids is 1. The van der Waals surface area contributed by atoms with E-state index in [9.17, 15) is 27.9 Å². The normalized spacial score (nSPS) is 11.5. The van der Waals surface area contributed by atoms with E-state index in [-0.39, 0.29) is 11.3 Å². The van der Waals surface area contributed by atoms with Crippen LogP contribution in [0.2, 0.25) is 0 Å². The first-order chi connectivity index (χ1) is 12.2. The lowest BCUT2D eigenvalue weighted by Gasteiger charge is -2.10. The summed E-state index contributed by atoms with van der Waals surface area (Å²) in [5.41, 5.74) is -1.46. The van der Waals surface area contributed by atoms with Crippen LogP contribution in [0.25, 0.3) is 10.9 Å². The summed E-state index contributed by atoms with van der Waals surface area (Å²) in [5.74, 6) is -2.26. The van der Waals surface area contributed by atoms with Crippen LogP contribution in [0.5, 0.6) is 0 Å². The fourth-order valence-corrected chi connectivity index (χ4v) is 2.39. The van der Waals surface area contributed by atoms with Crippen molar-refractivity contribution in [1.82, 2.24) is 14.8 Å². The van der Waals surface area contributed by atoms with Crippen LogP contribution in [0.1, 0.15) is 26.5 Å². The predicted molar refractivity (Wildman–Crippen MR) is 84.9 cm³/mol. The fraction of sp³-hybridized carbons (Fsp3) is 0.125. The van der Waals surface area contributed by atoms with Crippen LogP contribution in [-0.4, -0.2) is 31.7 Å². The van der Waals surface area contributed by atoms with Crippen molar-refractivity contribution in [3.8, 4) is 0 Å². The minimum atomic E-state index is -4.70. The summed E-state index contributed by atoms with van der Waals surface area (Å²) in [6.45, 7) is 0. The molecule has 2 aromatic heterocycles. The van der Waals surface area contributed by atoms with Crippen molar-refractivity contribution in [2.45, 2.75) is 6.18 Å². The van der Waals surface area contributed by atoms with E-state index in [1.165, 1.54) is 23.0 Å². The standard InChI is InChI=1S/C16H11F3N4O3/c1-23-12-6-9(15(25)26)11(5-8(12)7-20-23)22-14(24)10-3-2-4-13(21-10)16(17,18)19/h2-7H,1H3,(H,22,24)(H,25,26). The maximum Gasteiger partial charge on any atom is 0.433 e. The number of aromatic carboxylic acids is 1. The van der Waals surface area contributed by atoms with Crippen molar-refractivity contribution in [3.05, 3.63) is 53.5 Å². The van der Waals surface area contributed by atoms with Crippen molar-refractivity contribution < 1.29 is 27.9 Å². The first kappa shape index (κ1) is 17.4. The number of pyridine rings is 1. The highest BCUT2D eigenvalue weighted by molar-refractivity contribution is 6.09. The Morgan fingerprint density at radius 1 is 1.23 bits per heavy atom. The van der Waals surface area contributed by atoms with E-state index >= 15 is 0 Å². The van der Waals surface area contributed by atoms with Gasteiger partial charge in [-0.25, -0.2) is 9.78 Å². The Morgan fingerprint density at radius 2 is 1.96 bits per heavy atom. The zero-order valence-electron chi connectivity index (χ0n) is 13.2. The molecule has 26 heavy (non-hydrogen) atoms. The molecule has 0 aliphatic carbocycles. The third kappa shape index (κ3) is 3.21. The number of alkyl halides is 3. The molecule has 2 heterocycles. The summed E-state index contributed by atoms with van der Waals surface area (Å²) in [6.07, 6.45) is -3.23. The SMILES string of the molecule is Cn1ncc2cc(NC(=O)c3cccc(C(F)(F)F)n3)c(C(=O)O)cc21. The van der Waals surface area contributed by atoms with E-state index in [2.05, 4.69) is 15.4 Å². The van der Waals surface area contributed by atoms with Gasteiger partial charge in [0.25, 0.3) is 5.91 Å². The average Bonchev–Trinajstić information content (AvgIpc) is 2.93. The van der Waals surface area contributed by atoms with Crippen LogP contribution >= 0.6 is 0 Å². The summed E-state index contributed by atoms with van der Waals surface area (Å²) < 4.78 is 39.6. The Kier molecular flexibility index (Phi) is 4.10. The van der Waals surface area contributed by atoms with Crippen LogP contribution in [0.3, 0.4) is 0 Å². The maximum atomic E-state index is 12.7. The number of fused-ring (bicyclic) bond motifs is 1. The third-order valence-electron chi connectivity index (χ3n) is 3.64. The van der Waals surface area contributed by atoms with Crippen LogP contribution in [0.4, 0.5) is 18.9 Å². The molecule has 0 aliphatic rings. The first-order valence-corrected chi connectivity index (χ1v) is 7.21. The number of hydrogen-bond donors (Lipinski definition) is 2. The Labute approximate surface area is 144 Å². The van der Waals surface area contributed by atoms with Crippen molar-refractivity contribution in [1.29, 1.82) is 0 Å². The minimum absolute atomic E-state index is 0.0674. The lowest BCUT2D eigenvalue weighted by molar-refractivity contribution is -0.141. The number of nitrogens with one attached hydrogen (secondary N) is 1. The first-order valence-electron chi connectivity index (χ1n) is 7.21. The van der Waals surface area contributed by atoms with E-state index in [0.29, 0.717) is 10.9 Å². The van der Waals surface area contributed by atoms with Gasteiger partial charge in [0.15, 0.2) is 0 Å². The Balaban J connectivity index is 1.99. The van der Waals surface area contributed by atoms with Gasteiger partial charge < -0.3 is 10.4 Å². The fourth-order valence-electron chi connectivity index (χ4n) is 2.39. The van der Waals surface area contributed by atoms with Gasteiger partial charge in [0.1, 0.15) is 11.4 Å². The number of carbonyl (C=O) groups is 2. The molecule has 7 nitrogen and oxygen atoms in total. The molecule has 134 valence electrons. The van der Waals surface area contributed by atoms with E-state index in [1.807, 2.05) is 0 Å². The molecule has 0 spiro atoms. The van der Waals surface area contributed by atoms with E-state index in [4.69, 9.17) is 0 Å². The molecule has 0 atom stereocenters. The lowest BCUT2D eigenvalue weighted by atomic mass is 10.1. The lowest BCUT2D eigenvalue weighted by Crippen LogP contribution is -2.18. The van der Waals surface area contributed by atoms with Crippen LogP contribution < -0.4 is 5.32 Å². The molecule has 0 saturated carbocycles. The van der Waals surface area contributed by atoms with Crippen molar-refractivity contribution >= 4 is 28.5 Å². The Bertz CT molecular complexity index is 1030. The number of anilines is 1.